The van der Waals surface area contributed by atoms with Crippen LogP contribution in [0.15, 0.2) is 16.9 Å². The predicted molar refractivity (Wildman–Crippen MR) is 47.9 cm³/mol. The highest BCUT2D eigenvalue weighted by atomic mass is 79.9. The van der Waals surface area contributed by atoms with Crippen LogP contribution in [0.1, 0.15) is 18.2 Å². The van der Waals surface area contributed by atoms with E-state index in [0.717, 1.165) is 29.9 Å². The third-order valence-electron chi connectivity index (χ3n) is 1.94. The van der Waals surface area contributed by atoms with Crippen LogP contribution >= 0.6 is 15.9 Å². The average Bonchev–Trinajstić information content (AvgIpc) is 2.58. The molecule has 1 aromatic heterocycles. The molecule has 1 aliphatic heterocycles. The Hall–Kier alpha value is -0.480. The number of ether oxygens (including phenoxy) is 1. The van der Waals surface area contributed by atoms with Crippen LogP contribution in [0, 0.1) is 0 Å². The van der Waals surface area contributed by atoms with Gasteiger partial charge in [-0.2, -0.15) is 0 Å². The molecule has 1 aliphatic rings. The zero-order chi connectivity index (χ0) is 8.39. The third kappa shape index (κ3) is 1.64. The number of nitrogens with zero attached hydrogens (tertiary/aromatic N) is 2. The van der Waals surface area contributed by atoms with E-state index in [9.17, 15) is 0 Å². The summed E-state index contributed by atoms with van der Waals surface area (Å²) in [6.07, 6.45) is 4.60. The van der Waals surface area contributed by atoms with Crippen LogP contribution in [-0.4, -0.2) is 23.2 Å². The largest absolute Gasteiger partial charge is 0.381 e. The summed E-state index contributed by atoms with van der Waals surface area (Å²) in [5.41, 5.74) is 0. The lowest BCUT2D eigenvalue weighted by atomic mass is 10.1. The molecule has 1 saturated heterocycles. The number of rotatable bonds is 1. The number of aromatic nitrogens is 2. The second kappa shape index (κ2) is 3.49. The van der Waals surface area contributed by atoms with Crippen molar-refractivity contribution in [3.63, 3.8) is 0 Å². The van der Waals surface area contributed by atoms with Gasteiger partial charge in [0.1, 0.15) is 5.82 Å². The van der Waals surface area contributed by atoms with E-state index in [1.54, 1.807) is 12.4 Å². The van der Waals surface area contributed by atoms with Crippen LogP contribution in [0.3, 0.4) is 0 Å². The van der Waals surface area contributed by atoms with Crippen molar-refractivity contribution in [2.75, 3.05) is 13.2 Å². The SMILES string of the molecule is Brc1cnc(C2CCOC2)nc1. The van der Waals surface area contributed by atoms with Gasteiger partial charge in [0.25, 0.3) is 0 Å². The van der Waals surface area contributed by atoms with E-state index >= 15 is 0 Å². The molecule has 0 aromatic carbocycles. The molecule has 0 bridgehead atoms. The van der Waals surface area contributed by atoms with E-state index in [1.165, 1.54) is 0 Å². The fourth-order valence-electron chi connectivity index (χ4n) is 1.27. The molecule has 0 radical (unpaired) electrons. The minimum absolute atomic E-state index is 0.401. The molecule has 1 aromatic rings. The molecule has 2 heterocycles. The maximum absolute atomic E-state index is 5.25. The summed E-state index contributed by atoms with van der Waals surface area (Å²) < 4.78 is 6.17. The van der Waals surface area contributed by atoms with Crippen LogP contribution < -0.4 is 0 Å². The zero-order valence-electron chi connectivity index (χ0n) is 6.53. The molecule has 2 rings (SSSR count). The molecule has 0 N–H and O–H groups in total. The summed E-state index contributed by atoms with van der Waals surface area (Å²) in [6.45, 7) is 1.60. The molecule has 4 heteroatoms. The van der Waals surface area contributed by atoms with Crippen molar-refractivity contribution in [1.29, 1.82) is 0 Å². The van der Waals surface area contributed by atoms with Crippen LogP contribution in [0.5, 0.6) is 0 Å². The lowest BCUT2D eigenvalue weighted by Crippen LogP contribution is -2.02. The first kappa shape index (κ1) is 8.13. The Balaban J connectivity index is 2.17. The van der Waals surface area contributed by atoms with Gasteiger partial charge in [0.05, 0.1) is 11.1 Å². The van der Waals surface area contributed by atoms with Gasteiger partial charge in [-0.05, 0) is 22.4 Å². The molecule has 0 saturated carbocycles. The van der Waals surface area contributed by atoms with E-state index < -0.39 is 0 Å². The first-order valence-electron chi connectivity index (χ1n) is 3.91. The van der Waals surface area contributed by atoms with Gasteiger partial charge in [-0.3, -0.25) is 0 Å². The van der Waals surface area contributed by atoms with Crippen LogP contribution in [0.25, 0.3) is 0 Å². The van der Waals surface area contributed by atoms with Gasteiger partial charge in [-0.15, -0.1) is 0 Å². The maximum Gasteiger partial charge on any atom is 0.133 e. The molecule has 1 fully saturated rings. The Morgan fingerprint density at radius 3 is 2.75 bits per heavy atom. The molecule has 64 valence electrons. The van der Waals surface area contributed by atoms with Gasteiger partial charge in [0.2, 0.25) is 0 Å². The maximum atomic E-state index is 5.25. The Labute approximate surface area is 79.3 Å². The molecule has 1 atom stereocenters. The number of halogens is 1. The molecule has 1 unspecified atom stereocenters. The lowest BCUT2D eigenvalue weighted by Gasteiger charge is -2.03. The van der Waals surface area contributed by atoms with E-state index in [1.807, 2.05) is 0 Å². The van der Waals surface area contributed by atoms with Crippen LogP contribution in [-0.2, 0) is 4.74 Å². The molecular weight excluding hydrogens is 220 g/mol. The number of hydrogen-bond acceptors (Lipinski definition) is 3. The highest BCUT2D eigenvalue weighted by Gasteiger charge is 2.19. The third-order valence-corrected chi connectivity index (χ3v) is 2.34. The molecule has 0 aliphatic carbocycles. The first-order valence-corrected chi connectivity index (χ1v) is 4.71. The predicted octanol–water partition coefficient (Wildman–Crippen LogP) is 1.74. The lowest BCUT2D eigenvalue weighted by molar-refractivity contribution is 0.193. The summed E-state index contributed by atoms with van der Waals surface area (Å²) in [6, 6.07) is 0. The Kier molecular flexibility index (Phi) is 2.37. The smallest absolute Gasteiger partial charge is 0.133 e. The van der Waals surface area contributed by atoms with Gasteiger partial charge in [0, 0.05) is 24.9 Å². The van der Waals surface area contributed by atoms with E-state index in [0.29, 0.717) is 5.92 Å². The Morgan fingerprint density at radius 1 is 1.42 bits per heavy atom. The van der Waals surface area contributed by atoms with Crippen molar-refractivity contribution < 1.29 is 4.74 Å². The van der Waals surface area contributed by atoms with Crippen molar-refractivity contribution >= 4 is 15.9 Å². The van der Waals surface area contributed by atoms with Gasteiger partial charge < -0.3 is 4.74 Å². The second-order valence-electron chi connectivity index (χ2n) is 2.82. The number of hydrogen-bond donors (Lipinski definition) is 0. The second-order valence-corrected chi connectivity index (χ2v) is 3.74. The fraction of sp³-hybridized carbons (Fsp3) is 0.500. The molecule has 0 amide bonds. The normalized spacial score (nSPS) is 22.9. The van der Waals surface area contributed by atoms with E-state index in [2.05, 4.69) is 25.9 Å². The molecular formula is C8H9BrN2O. The minimum Gasteiger partial charge on any atom is -0.381 e. The van der Waals surface area contributed by atoms with Crippen molar-refractivity contribution in [2.24, 2.45) is 0 Å². The van der Waals surface area contributed by atoms with E-state index in [-0.39, 0.29) is 0 Å². The van der Waals surface area contributed by atoms with Gasteiger partial charge >= 0.3 is 0 Å². The quantitative estimate of drug-likeness (QED) is 0.735. The first-order chi connectivity index (χ1) is 5.86. The molecule has 12 heavy (non-hydrogen) atoms. The minimum atomic E-state index is 0.401. The van der Waals surface area contributed by atoms with Gasteiger partial charge in [-0.1, -0.05) is 0 Å². The fourth-order valence-corrected chi connectivity index (χ4v) is 1.48. The zero-order valence-corrected chi connectivity index (χ0v) is 8.12. The molecule has 0 spiro atoms. The monoisotopic (exact) mass is 228 g/mol. The van der Waals surface area contributed by atoms with Crippen molar-refractivity contribution in [2.45, 2.75) is 12.3 Å². The summed E-state index contributed by atoms with van der Waals surface area (Å²) in [7, 11) is 0. The average molecular weight is 229 g/mol. The summed E-state index contributed by atoms with van der Waals surface area (Å²) in [4.78, 5) is 8.44. The Bertz CT molecular complexity index is 256. The van der Waals surface area contributed by atoms with Gasteiger partial charge in [-0.25, -0.2) is 9.97 Å². The van der Waals surface area contributed by atoms with E-state index in [4.69, 9.17) is 4.74 Å². The summed E-state index contributed by atoms with van der Waals surface area (Å²) >= 11 is 3.30. The highest BCUT2D eigenvalue weighted by molar-refractivity contribution is 9.10. The Morgan fingerprint density at radius 2 is 2.17 bits per heavy atom. The topological polar surface area (TPSA) is 35.0 Å². The van der Waals surface area contributed by atoms with Crippen LogP contribution in [0.4, 0.5) is 0 Å². The van der Waals surface area contributed by atoms with Crippen LogP contribution in [0.2, 0.25) is 0 Å². The summed E-state index contributed by atoms with van der Waals surface area (Å²) in [5, 5.41) is 0. The van der Waals surface area contributed by atoms with Crippen molar-refractivity contribution in [3.8, 4) is 0 Å². The molecule has 3 nitrogen and oxygen atoms in total. The van der Waals surface area contributed by atoms with Gasteiger partial charge in [0.15, 0.2) is 0 Å². The van der Waals surface area contributed by atoms with Crippen molar-refractivity contribution in [3.05, 3.63) is 22.7 Å². The standard InChI is InChI=1S/C8H9BrN2O/c9-7-3-10-8(11-4-7)6-1-2-12-5-6/h3-4,6H,1-2,5H2. The summed E-state index contributed by atoms with van der Waals surface area (Å²) in [5.74, 6) is 1.30. The highest BCUT2D eigenvalue weighted by Crippen LogP contribution is 2.21. The van der Waals surface area contributed by atoms with Crippen molar-refractivity contribution in [1.82, 2.24) is 9.97 Å².